The molecule has 0 spiro atoms. The molecule has 0 bridgehead atoms. The first-order valence-electron chi connectivity index (χ1n) is 7.25. The Morgan fingerprint density at radius 3 is 2.55 bits per heavy atom. The van der Waals surface area contributed by atoms with Crippen molar-refractivity contribution in [2.45, 2.75) is 51.2 Å². The average Bonchev–Trinajstić information content (AvgIpc) is 2.47. The Hall–Kier alpha value is -1.06. The Morgan fingerprint density at radius 1 is 1.25 bits per heavy atom. The van der Waals surface area contributed by atoms with Crippen LogP contribution in [0.15, 0.2) is 30.3 Å². The zero-order valence-corrected chi connectivity index (χ0v) is 12.8. The summed E-state index contributed by atoms with van der Waals surface area (Å²) in [5.74, 6) is -0.237. The molecule has 0 aromatic heterocycles. The van der Waals surface area contributed by atoms with Crippen molar-refractivity contribution in [1.29, 1.82) is 0 Å². The van der Waals surface area contributed by atoms with E-state index in [0.717, 1.165) is 6.54 Å². The van der Waals surface area contributed by atoms with Gasteiger partial charge in [-0.05, 0) is 31.9 Å². The van der Waals surface area contributed by atoms with Gasteiger partial charge in [-0.3, -0.25) is 0 Å². The van der Waals surface area contributed by atoms with Crippen molar-refractivity contribution in [1.82, 2.24) is 5.32 Å². The molecule has 0 saturated heterocycles. The first kappa shape index (κ1) is 17.0. The van der Waals surface area contributed by atoms with E-state index in [2.05, 4.69) is 5.32 Å². The van der Waals surface area contributed by atoms with Crippen molar-refractivity contribution in [3.8, 4) is 0 Å². The minimum atomic E-state index is -0.237. The topological polar surface area (TPSA) is 38.3 Å². The molecule has 1 aliphatic rings. The molecule has 1 fully saturated rings. The van der Waals surface area contributed by atoms with E-state index in [9.17, 15) is 4.79 Å². The maximum atomic E-state index is 11.9. The van der Waals surface area contributed by atoms with E-state index >= 15 is 0 Å². The van der Waals surface area contributed by atoms with Gasteiger partial charge in [0.25, 0.3) is 0 Å². The number of esters is 1. The van der Waals surface area contributed by atoms with Crippen molar-refractivity contribution in [2.75, 3.05) is 6.54 Å². The molecule has 112 valence electrons. The summed E-state index contributed by atoms with van der Waals surface area (Å²) in [5, 5.41) is 3.50. The summed E-state index contributed by atoms with van der Waals surface area (Å²) in [5.41, 5.74) is 0.618. The fraction of sp³-hybridized carbons (Fsp3) is 0.562. The van der Waals surface area contributed by atoms with Gasteiger partial charge in [0.05, 0.1) is 5.56 Å². The van der Waals surface area contributed by atoms with Gasteiger partial charge in [-0.25, -0.2) is 4.79 Å². The van der Waals surface area contributed by atoms with Crippen molar-refractivity contribution in [2.24, 2.45) is 0 Å². The van der Waals surface area contributed by atoms with E-state index in [1.807, 2.05) is 25.1 Å². The molecule has 1 atom stereocenters. The predicted molar refractivity (Wildman–Crippen MR) is 83.4 cm³/mol. The number of benzene rings is 1. The van der Waals surface area contributed by atoms with Gasteiger partial charge in [-0.1, -0.05) is 37.5 Å². The molecule has 1 saturated carbocycles. The van der Waals surface area contributed by atoms with Crippen LogP contribution in [0.2, 0.25) is 0 Å². The quantitative estimate of drug-likeness (QED) is 0.844. The molecule has 0 amide bonds. The highest BCUT2D eigenvalue weighted by Crippen LogP contribution is 2.17. The van der Waals surface area contributed by atoms with Crippen LogP contribution in [0.4, 0.5) is 0 Å². The number of hydrogen-bond acceptors (Lipinski definition) is 3. The Labute approximate surface area is 127 Å². The monoisotopic (exact) mass is 297 g/mol. The summed E-state index contributed by atoms with van der Waals surface area (Å²) in [6.45, 7) is 2.68. The van der Waals surface area contributed by atoms with Crippen LogP contribution in [0.3, 0.4) is 0 Å². The number of rotatable bonds is 5. The lowest BCUT2D eigenvalue weighted by atomic mass is 9.95. The van der Waals surface area contributed by atoms with Gasteiger partial charge in [0.1, 0.15) is 6.10 Å². The molecule has 0 aliphatic heterocycles. The number of halogens is 1. The van der Waals surface area contributed by atoms with Crippen LogP contribution >= 0.6 is 12.4 Å². The minimum absolute atomic E-state index is 0. The first-order valence-corrected chi connectivity index (χ1v) is 7.25. The van der Waals surface area contributed by atoms with Crippen LogP contribution in [-0.2, 0) is 4.74 Å². The van der Waals surface area contributed by atoms with Crippen LogP contribution in [0.25, 0.3) is 0 Å². The lowest BCUT2D eigenvalue weighted by Crippen LogP contribution is -2.37. The van der Waals surface area contributed by atoms with Gasteiger partial charge in [0.15, 0.2) is 0 Å². The largest absolute Gasteiger partial charge is 0.458 e. The predicted octanol–water partition coefficient (Wildman–Crippen LogP) is 3.58. The van der Waals surface area contributed by atoms with Crippen molar-refractivity contribution >= 4 is 18.4 Å². The van der Waals surface area contributed by atoms with E-state index in [-0.39, 0.29) is 24.5 Å². The van der Waals surface area contributed by atoms with Gasteiger partial charge in [0, 0.05) is 12.6 Å². The van der Waals surface area contributed by atoms with E-state index in [4.69, 9.17) is 4.74 Å². The third-order valence-corrected chi connectivity index (χ3v) is 3.62. The summed E-state index contributed by atoms with van der Waals surface area (Å²) >= 11 is 0. The van der Waals surface area contributed by atoms with Gasteiger partial charge in [-0.2, -0.15) is 0 Å². The molecule has 2 rings (SSSR count). The van der Waals surface area contributed by atoms with Gasteiger partial charge in [-0.15, -0.1) is 12.4 Å². The molecule has 1 aliphatic carbocycles. The molecule has 3 nitrogen and oxygen atoms in total. The standard InChI is InChI=1S/C16H23NO2.ClH/c1-13(12-17-15-10-6-3-7-11-15)19-16(18)14-8-4-2-5-9-14;/h2,4-5,8-9,13,15,17H,3,6-7,10-12H2,1H3;1H/t13-;/m0./s1. The summed E-state index contributed by atoms with van der Waals surface area (Å²) in [6.07, 6.45) is 6.40. The third kappa shape index (κ3) is 5.51. The minimum Gasteiger partial charge on any atom is -0.458 e. The van der Waals surface area contributed by atoms with Gasteiger partial charge >= 0.3 is 5.97 Å². The highest BCUT2D eigenvalue weighted by molar-refractivity contribution is 5.89. The second-order valence-electron chi connectivity index (χ2n) is 5.33. The SMILES string of the molecule is C[C@@H](CNC1CCCCC1)OC(=O)c1ccccc1.Cl. The van der Waals surface area contributed by atoms with Crippen LogP contribution in [-0.4, -0.2) is 24.7 Å². The average molecular weight is 298 g/mol. The zero-order chi connectivity index (χ0) is 13.5. The highest BCUT2D eigenvalue weighted by atomic mass is 35.5. The number of carbonyl (C=O) groups excluding carboxylic acids is 1. The second-order valence-corrected chi connectivity index (χ2v) is 5.33. The number of hydrogen-bond donors (Lipinski definition) is 1. The summed E-state index contributed by atoms with van der Waals surface area (Å²) in [7, 11) is 0. The normalized spacial score (nSPS) is 17.1. The number of carbonyl (C=O) groups is 1. The number of nitrogens with one attached hydrogen (secondary N) is 1. The lowest BCUT2D eigenvalue weighted by Gasteiger charge is -2.24. The lowest BCUT2D eigenvalue weighted by molar-refractivity contribution is 0.0334. The summed E-state index contributed by atoms with van der Waals surface area (Å²) < 4.78 is 5.43. The van der Waals surface area contributed by atoms with Crippen LogP contribution in [0.1, 0.15) is 49.4 Å². The molecule has 0 heterocycles. The summed E-state index contributed by atoms with van der Waals surface area (Å²) in [4.78, 5) is 11.9. The fourth-order valence-electron chi connectivity index (χ4n) is 2.51. The zero-order valence-electron chi connectivity index (χ0n) is 12.0. The summed E-state index contributed by atoms with van der Waals surface area (Å²) in [6, 6.07) is 9.76. The van der Waals surface area contributed by atoms with Crippen molar-refractivity contribution in [3.05, 3.63) is 35.9 Å². The smallest absolute Gasteiger partial charge is 0.338 e. The van der Waals surface area contributed by atoms with E-state index in [1.165, 1.54) is 32.1 Å². The Kier molecular flexibility index (Phi) is 7.63. The number of ether oxygens (including phenoxy) is 1. The van der Waals surface area contributed by atoms with Crippen molar-refractivity contribution in [3.63, 3.8) is 0 Å². The molecule has 0 unspecified atom stereocenters. The maximum Gasteiger partial charge on any atom is 0.338 e. The molecular weight excluding hydrogens is 274 g/mol. The van der Waals surface area contributed by atoms with E-state index in [1.54, 1.807) is 12.1 Å². The Morgan fingerprint density at radius 2 is 1.90 bits per heavy atom. The van der Waals surface area contributed by atoms with E-state index in [0.29, 0.717) is 11.6 Å². The third-order valence-electron chi connectivity index (χ3n) is 3.62. The molecule has 1 aromatic carbocycles. The maximum absolute atomic E-state index is 11.9. The molecule has 1 N–H and O–H groups in total. The molecule has 0 radical (unpaired) electrons. The first-order chi connectivity index (χ1) is 9.25. The highest BCUT2D eigenvalue weighted by Gasteiger charge is 2.16. The van der Waals surface area contributed by atoms with Gasteiger partial charge in [0.2, 0.25) is 0 Å². The second kappa shape index (κ2) is 8.98. The van der Waals surface area contributed by atoms with E-state index < -0.39 is 0 Å². The molecule has 20 heavy (non-hydrogen) atoms. The van der Waals surface area contributed by atoms with Crippen LogP contribution < -0.4 is 5.32 Å². The van der Waals surface area contributed by atoms with Gasteiger partial charge < -0.3 is 10.1 Å². The van der Waals surface area contributed by atoms with Crippen LogP contribution in [0.5, 0.6) is 0 Å². The Bertz CT molecular complexity index is 391. The van der Waals surface area contributed by atoms with Crippen molar-refractivity contribution < 1.29 is 9.53 Å². The van der Waals surface area contributed by atoms with Crippen LogP contribution in [0, 0.1) is 0 Å². The molecule has 1 aromatic rings. The Balaban J connectivity index is 0.00000200. The molecular formula is C16H24ClNO2. The molecule has 4 heteroatoms. The fourth-order valence-corrected chi connectivity index (χ4v) is 2.51.